The van der Waals surface area contributed by atoms with Gasteiger partial charge in [0.05, 0.1) is 59.9 Å². The van der Waals surface area contributed by atoms with Crippen molar-refractivity contribution in [3.05, 3.63) is 62.6 Å². The zero-order valence-corrected chi connectivity index (χ0v) is 21.0. The quantitative estimate of drug-likeness (QED) is 0.249. The van der Waals surface area contributed by atoms with Crippen molar-refractivity contribution in [3.63, 3.8) is 0 Å². The van der Waals surface area contributed by atoms with E-state index in [1.165, 1.54) is 7.11 Å². The van der Waals surface area contributed by atoms with Crippen molar-refractivity contribution in [1.29, 1.82) is 0 Å². The van der Waals surface area contributed by atoms with Crippen LogP contribution in [0.1, 0.15) is 31.7 Å². The number of Topliss-reactive ketones (excluding diaryl/α,β-unsaturated/α-hetero) is 1. The highest BCUT2D eigenvalue weighted by molar-refractivity contribution is 6.42. The predicted molar refractivity (Wildman–Crippen MR) is 127 cm³/mol. The third-order valence-electron chi connectivity index (χ3n) is 4.78. The topological polar surface area (TPSA) is 117 Å². The van der Waals surface area contributed by atoms with Gasteiger partial charge in [-0.05, 0) is 25.5 Å². The molecule has 1 aliphatic heterocycles. The maximum atomic E-state index is 12.9. The lowest BCUT2D eigenvalue weighted by molar-refractivity contribution is -0.146. The van der Waals surface area contributed by atoms with Crippen LogP contribution in [0.25, 0.3) is 0 Å². The summed E-state index contributed by atoms with van der Waals surface area (Å²) in [5, 5.41) is 3.36. The van der Waals surface area contributed by atoms with Gasteiger partial charge in [-0.2, -0.15) is 0 Å². The monoisotopic (exact) mass is 525 g/mol. The number of dihydropyridines is 1. The fourth-order valence-corrected chi connectivity index (χ4v) is 3.85. The Morgan fingerprint density at radius 3 is 2.54 bits per heavy atom. The Hall–Kier alpha value is -3.10. The summed E-state index contributed by atoms with van der Waals surface area (Å²) < 4.78 is 21.0. The molecule has 0 bridgehead atoms. The molecule has 11 heteroatoms. The zero-order valence-electron chi connectivity index (χ0n) is 19.4. The largest absolute Gasteiger partial charge is 0.495 e. The van der Waals surface area contributed by atoms with Crippen LogP contribution >= 0.6 is 23.2 Å². The Labute approximate surface area is 212 Å². The third-order valence-corrected chi connectivity index (χ3v) is 5.62. The van der Waals surface area contributed by atoms with E-state index in [0.29, 0.717) is 5.56 Å². The number of nitrogens with one attached hydrogen (secondary N) is 1. The van der Waals surface area contributed by atoms with Crippen LogP contribution in [0.2, 0.25) is 10.0 Å². The van der Waals surface area contributed by atoms with Gasteiger partial charge in [0.1, 0.15) is 24.7 Å². The van der Waals surface area contributed by atoms with E-state index in [1.54, 1.807) is 38.0 Å². The number of carbonyl (C=O) groups excluding carboxylic acids is 4. The van der Waals surface area contributed by atoms with E-state index in [1.807, 2.05) is 0 Å². The maximum Gasteiger partial charge on any atom is 0.336 e. The average Bonchev–Trinajstić information content (AvgIpc) is 2.82. The molecule has 1 aromatic carbocycles. The van der Waals surface area contributed by atoms with Crippen molar-refractivity contribution in [1.82, 2.24) is 5.32 Å². The van der Waals surface area contributed by atoms with E-state index < -0.39 is 36.7 Å². The van der Waals surface area contributed by atoms with Gasteiger partial charge in [0.2, 0.25) is 0 Å². The Balaban J connectivity index is 2.51. The summed E-state index contributed by atoms with van der Waals surface area (Å²) in [6, 6.07) is 4.91. The number of ketones is 1. The number of rotatable bonds is 12. The number of ether oxygens (including phenoxy) is 4. The molecule has 1 unspecified atom stereocenters. The summed E-state index contributed by atoms with van der Waals surface area (Å²) in [5.41, 5.74) is 0.928. The molecule has 9 nitrogen and oxygen atoms in total. The number of esters is 2. The summed E-state index contributed by atoms with van der Waals surface area (Å²) >= 11 is 12.7. The maximum absolute atomic E-state index is 12.9. The Bertz CT molecular complexity index is 1090. The van der Waals surface area contributed by atoms with Gasteiger partial charge in [0, 0.05) is 6.08 Å². The number of hydrogen-bond acceptors (Lipinski definition) is 9. The van der Waals surface area contributed by atoms with E-state index >= 15 is 0 Å². The minimum atomic E-state index is -0.914. The smallest absolute Gasteiger partial charge is 0.336 e. The third kappa shape index (κ3) is 7.19. The number of hydrogen-bond donors (Lipinski definition) is 1. The Morgan fingerprint density at radius 2 is 1.91 bits per heavy atom. The van der Waals surface area contributed by atoms with E-state index in [9.17, 15) is 19.2 Å². The number of methoxy groups -OCH3 is 1. The molecule has 0 spiro atoms. The highest BCUT2D eigenvalue weighted by Gasteiger charge is 2.38. The van der Waals surface area contributed by atoms with Crippen LogP contribution in [0, 0.1) is 0 Å². The first-order valence-corrected chi connectivity index (χ1v) is 11.4. The van der Waals surface area contributed by atoms with Crippen molar-refractivity contribution in [3.8, 4) is 0 Å². The molecule has 0 radical (unpaired) electrons. The van der Waals surface area contributed by atoms with Gasteiger partial charge >= 0.3 is 11.9 Å². The summed E-state index contributed by atoms with van der Waals surface area (Å²) in [4.78, 5) is 47.7. The summed E-state index contributed by atoms with van der Waals surface area (Å²) in [6.07, 6.45) is 0.662. The van der Waals surface area contributed by atoms with Crippen molar-refractivity contribution >= 4 is 46.9 Å². The van der Waals surface area contributed by atoms with E-state index in [4.69, 9.17) is 42.1 Å². The highest BCUT2D eigenvalue weighted by Crippen LogP contribution is 2.43. The number of halogens is 2. The lowest BCUT2D eigenvalue weighted by Gasteiger charge is -2.32. The second-order valence-electron chi connectivity index (χ2n) is 7.07. The second-order valence-corrected chi connectivity index (χ2v) is 7.86. The molecule has 1 N–H and O–H groups in total. The molecule has 35 heavy (non-hydrogen) atoms. The molecule has 2 rings (SSSR count). The van der Waals surface area contributed by atoms with Crippen LogP contribution in [0.3, 0.4) is 0 Å². The van der Waals surface area contributed by atoms with E-state index in [-0.39, 0.29) is 52.6 Å². The van der Waals surface area contributed by atoms with Crippen LogP contribution in [0.4, 0.5) is 0 Å². The lowest BCUT2D eigenvalue weighted by Crippen LogP contribution is -2.33. The molecular weight excluding hydrogens is 501 g/mol. The molecule has 0 aromatic heterocycles. The van der Waals surface area contributed by atoms with Gasteiger partial charge in [0.15, 0.2) is 5.78 Å². The lowest BCUT2D eigenvalue weighted by atomic mass is 9.84. The van der Waals surface area contributed by atoms with Crippen LogP contribution < -0.4 is 5.32 Å². The molecular formula is C24H25Cl2NO8. The molecule has 1 aromatic rings. The molecule has 188 valence electrons. The minimum absolute atomic E-state index is 0.0843. The molecule has 1 heterocycles. The van der Waals surface area contributed by atoms with Crippen molar-refractivity contribution in [2.75, 3.05) is 33.5 Å². The fourth-order valence-electron chi connectivity index (χ4n) is 3.43. The van der Waals surface area contributed by atoms with E-state index in [0.717, 1.165) is 6.08 Å². The minimum Gasteiger partial charge on any atom is -0.495 e. The summed E-state index contributed by atoms with van der Waals surface area (Å²) in [6.45, 7) is 3.06. The number of carbonyl (C=O) groups is 3. The van der Waals surface area contributed by atoms with Crippen LogP contribution in [-0.4, -0.2) is 57.2 Å². The molecule has 0 saturated heterocycles. The molecule has 0 aliphatic carbocycles. The highest BCUT2D eigenvalue weighted by atomic mass is 35.5. The summed E-state index contributed by atoms with van der Waals surface area (Å²) in [5.74, 6) is -0.889. The number of benzene rings is 1. The van der Waals surface area contributed by atoms with Crippen LogP contribution in [0.15, 0.2) is 47.0 Å². The average molecular weight is 526 g/mol. The number of allylic oxidation sites excluding steroid dienone is 2. The fraction of sp³-hybridized carbons (Fsp3) is 0.375. The van der Waals surface area contributed by atoms with Gasteiger partial charge in [0.25, 0.3) is 0 Å². The van der Waals surface area contributed by atoms with Crippen molar-refractivity contribution in [2.24, 2.45) is 0 Å². The predicted octanol–water partition coefficient (Wildman–Crippen LogP) is 3.28. The molecule has 1 aliphatic rings. The van der Waals surface area contributed by atoms with Crippen molar-refractivity contribution in [2.45, 2.75) is 26.2 Å². The van der Waals surface area contributed by atoms with Gasteiger partial charge in [-0.25, -0.2) is 9.59 Å². The summed E-state index contributed by atoms with van der Waals surface area (Å²) in [7, 11) is 1.21. The molecule has 1 atom stereocenters. The zero-order chi connectivity index (χ0) is 26.0. The first kappa shape index (κ1) is 28.1. The molecule has 0 saturated carbocycles. The standard InChI is InChI=1S/C24H25Cl2NO8/c1-4-34-19(30)11-14(29)12-33-13-18-21(24(31)32-3)20(15-7-6-8-16(25)22(15)26)23(35-5-2)17(27-18)9-10-28/h6-9,20,27H,4-5,11-13H2,1-3H3. The first-order valence-electron chi connectivity index (χ1n) is 10.6. The first-order chi connectivity index (χ1) is 16.8. The van der Waals surface area contributed by atoms with Gasteiger partial charge in [-0.1, -0.05) is 35.3 Å². The Kier molecular flexibility index (Phi) is 11.0. The van der Waals surface area contributed by atoms with E-state index in [2.05, 4.69) is 5.32 Å². The van der Waals surface area contributed by atoms with Crippen molar-refractivity contribution < 1.29 is 38.1 Å². The van der Waals surface area contributed by atoms with Gasteiger partial charge in [-0.3, -0.25) is 9.59 Å². The van der Waals surface area contributed by atoms with Gasteiger partial charge < -0.3 is 24.3 Å². The molecule has 0 fully saturated rings. The Morgan fingerprint density at radius 1 is 1.17 bits per heavy atom. The second kappa shape index (κ2) is 13.7. The van der Waals surface area contributed by atoms with Gasteiger partial charge in [-0.15, -0.1) is 0 Å². The normalized spacial score (nSPS) is 15.2. The molecule has 0 amide bonds. The van der Waals surface area contributed by atoms with Crippen LogP contribution in [-0.2, 0) is 38.1 Å². The SMILES string of the molecule is CCOC(=O)CC(=O)COCC1=C(C(=O)OC)C(c2cccc(Cl)c2Cl)C(OCC)=C(C=C=O)N1. The van der Waals surface area contributed by atoms with Crippen LogP contribution in [0.5, 0.6) is 0 Å².